The van der Waals surface area contributed by atoms with Crippen LogP contribution in [0.5, 0.6) is 0 Å². The molecular formula is C12H16BrNO2. The van der Waals surface area contributed by atoms with Crippen molar-refractivity contribution in [1.82, 2.24) is 5.32 Å². The minimum atomic E-state index is -0.107. The Bertz CT molecular complexity index is 359. The van der Waals surface area contributed by atoms with Gasteiger partial charge < -0.3 is 10.4 Å². The Labute approximate surface area is 104 Å². The van der Waals surface area contributed by atoms with E-state index in [0.29, 0.717) is 12.1 Å². The first-order valence-corrected chi connectivity index (χ1v) is 5.98. The number of aliphatic hydroxyl groups excluding tert-OH is 1. The molecule has 0 bridgehead atoms. The van der Waals surface area contributed by atoms with Gasteiger partial charge >= 0.3 is 0 Å². The van der Waals surface area contributed by atoms with Crippen molar-refractivity contribution in [3.05, 3.63) is 33.8 Å². The summed E-state index contributed by atoms with van der Waals surface area (Å²) in [4.78, 5) is 11.8. The van der Waals surface area contributed by atoms with Crippen molar-refractivity contribution in [2.45, 2.75) is 13.8 Å². The number of carbonyl (C=O) groups excluding carboxylic acids is 1. The van der Waals surface area contributed by atoms with E-state index in [1.807, 2.05) is 26.0 Å². The molecule has 0 saturated heterocycles. The number of benzene rings is 1. The van der Waals surface area contributed by atoms with Gasteiger partial charge in [-0.05, 0) is 36.6 Å². The molecule has 0 aliphatic rings. The van der Waals surface area contributed by atoms with Crippen molar-refractivity contribution in [3.8, 4) is 0 Å². The highest BCUT2D eigenvalue weighted by molar-refractivity contribution is 9.10. The number of hydrogen-bond donors (Lipinski definition) is 2. The van der Waals surface area contributed by atoms with E-state index in [4.69, 9.17) is 5.11 Å². The van der Waals surface area contributed by atoms with Crippen molar-refractivity contribution < 1.29 is 9.90 Å². The van der Waals surface area contributed by atoms with Crippen LogP contribution in [0.4, 0.5) is 0 Å². The summed E-state index contributed by atoms with van der Waals surface area (Å²) in [5, 5.41) is 11.6. The van der Waals surface area contributed by atoms with Crippen LogP contribution in [0.3, 0.4) is 0 Å². The van der Waals surface area contributed by atoms with Crippen LogP contribution in [-0.4, -0.2) is 24.2 Å². The molecule has 4 heteroatoms. The van der Waals surface area contributed by atoms with E-state index in [1.54, 1.807) is 6.07 Å². The number of halogens is 1. The molecule has 0 spiro atoms. The first-order chi connectivity index (χ1) is 7.52. The molecular weight excluding hydrogens is 270 g/mol. The smallest absolute Gasteiger partial charge is 0.251 e. The Morgan fingerprint density at radius 3 is 2.75 bits per heavy atom. The summed E-state index contributed by atoms with van der Waals surface area (Å²) in [5.41, 5.74) is 1.67. The monoisotopic (exact) mass is 285 g/mol. The van der Waals surface area contributed by atoms with Gasteiger partial charge in [-0.2, -0.15) is 0 Å². The van der Waals surface area contributed by atoms with Crippen LogP contribution in [0.2, 0.25) is 0 Å². The maximum Gasteiger partial charge on any atom is 0.251 e. The minimum absolute atomic E-state index is 0.0807. The van der Waals surface area contributed by atoms with Crippen LogP contribution in [0.1, 0.15) is 22.8 Å². The summed E-state index contributed by atoms with van der Waals surface area (Å²) in [6.45, 7) is 4.39. The number of aryl methyl sites for hydroxylation is 1. The zero-order valence-corrected chi connectivity index (χ0v) is 11.0. The Balaban J connectivity index is 2.66. The molecule has 1 aromatic carbocycles. The highest BCUT2D eigenvalue weighted by Crippen LogP contribution is 2.15. The molecule has 88 valence electrons. The van der Waals surface area contributed by atoms with E-state index in [2.05, 4.69) is 21.2 Å². The Kier molecular flexibility index (Phi) is 4.96. The first-order valence-electron chi connectivity index (χ1n) is 5.19. The van der Waals surface area contributed by atoms with Gasteiger partial charge in [0.25, 0.3) is 5.91 Å². The third-order valence-corrected chi connectivity index (χ3v) is 2.68. The van der Waals surface area contributed by atoms with Crippen LogP contribution in [-0.2, 0) is 0 Å². The van der Waals surface area contributed by atoms with Gasteiger partial charge in [-0.25, -0.2) is 0 Å². The lowest BCUT2D eigenvalue weighted by Crippen LogP contribution is -2.29. The van der Waals surface area contributed by atoms with E-state index in [-0.39, 0.29) is 18.4 Å². The van der Waals surface area contributed by atoms with Gasteiger partial charge in [0.1, 0.15) is 0 Å². The topological polar surface area (TPSA) is 49.3 Å². The van der Waals surface area contributed by atoms with E-state index < -0.39 is 0 Å². The zero-order chi connectivity index (χ0) is 12.1. The van der Waals surface area contributed by atoms with Crippen LogP contribution >= 0.6 is 15.9 Å². The molecule has 0 heterocycles. The van der Waals surface area contributed by atoms with Gasteiger partial charge in [0.2, 0.25) is 0 Å². The van der Waals surface area contributed by atoms with E-state index in [9.17, 15) is 4.79 Å². The number of amides is 1. The zero-order valence-electron chi connectivity index (χ0n) is 9.46. The molecule has 0 aliphatic carbocycles. The fraction of sp³-hybridized carbons (Fsp3) is 0.417. The second-order valence-electron chi connectivity index (χ2n) is 4.02. The third-order valence-electron chi connectivity index (χ3n) is 2.23. The number of rotatable bonds is 4. The van der Waals surface area contributed by atoms with Gasteiger partial charge in [0, 0.05) is 23.2 Å². The van der Waals surface area contributed by atoms with Crippen LogP contribution in [0, 0.1) is 12.8 Å². The summed E-state index contributed by atoms with van der Waals surface area (Å²) in [6, 6.07) is 5.57. The quantitative estimate of drug-likeness (QED) is 0.890. The maximum absolute atomic E-state index is 11.8. The molecule has 0 radical (unpaired) electrons. The fourth-order valence-electron chi connectivity index (χ4n) is 1.30. The largest absolute Gasteiger partial charge is 0.396 e. The van der Waals surface area contributed by atoms with E-state index >= 15 is 0 Å². The standard InChI is InChI=1S/C12H16BrNO2/c1-8-3-10(5-11(13)4-8)12(16)14-6-9(2)7-15/h3-5,9,15H,6-7H2,1-2H3,(H,14,16). The van der Waals surface area contributed by atoms with Gasteiger partial charge in [0.15, 0.2) is 0 Å². The van der Waals surface area contributed by atoms with Crippen LogP contribution < -0.4 is 5.32 Å². The SMILES string of the molecule is Cc1cc(Br)cc(C(=O)NCC(C)CO)c1. The van der Waals surface area contributed by atoms with Crippen molar-refractivity contribution >= 4 is 21.8 Å². The van der Waals surface area contributed by atoms with E-state index in [1.165, 1.54) is 0 Å². The molecule has 0 saturated carbocycles. The summed E-state index contributed by atoms with van der Waals surface area (Å²) in [7, 11) is 0. The lowest BCUT2D eigenvalue weighted by molar-refractivity contribution is 0.0942. The predicted molar refractivity (Wildman–Crippen MR) is 67.5 cm³/mol. The van der Waals surface area contributed by atoms with Crippen molar-refractivity contribution in [2.75, 3.05) is 13.2 Å². The molecule has 2 N–H and O–H groups in total. The molecule has 1 rings (SSSR count). The van der Waals surface area contributed by atoms with Gasteiger partial charge in [-0.1, -0.05) is 22.9 Å². The second kappa shape index (κ2) is 6.01. The average molecular weight is 286 g/mol. The van der Waals surface area contributed by atoms with Crippen molar-refractivity contribution in [1.29, 1.82) is 0 Å². The number of hydrogen-bond acceptors (Lipinski definition) is 2. The molecule has 0 fully saturated rings. The second-order valence-corrected chi connectivity index (χ2v) is 4.93. The number of nitrogens with one attached hydrogen (secondary N) is 1. The molecule has 0 aliphatic heterocycles. The van der Waals surface area contributed by atoms with Gasteiger partial charge in [0.05, 0.1) is 0 Å². The lowest BCUT2D eigenvalue weighted by atomic mass is 10.1. The van der Waals surface area contributed by atoms with E-state index in [0.717, 1.165) is 10.0 Å². The van der Waals surface area contributed by atoms with Gasteiger partial charge in [-0.15, -0.1) is 0 Å². The Morgan fingerprint density at radius 1 is 1.50 bits per heavy atom. The van der Waals surface area contributed by atoms with Crippen molar-refractivity contribution in [3.63, 3.8) is 0 Å². The molecule has 1 atom stereocenters. The molecule has 1 aromatic rings. The molecule has 3 nitrogen and oxygen atoms in total. The number of carbonyl (C=O) groups is 1. The predicted octanol–water partition coefficient (Wildman–Crippen LogP) is 2.12. The fourth-order valence-corrected chi connectivity index (χ4v) is 1.91. The third kappa shape index (κ3) is 3.94. The minimum Gasteiger partial charge on any atom is -0.396 e. The van der Waals surface area contributed by atoms with Crippen LogP contribution in [0.15, 0.2) is 22.7 Å². The number of aliphatic hydroxyl groups is 1. The first kappa shape index (κ1) is 13.2. The van der Waals surface area contributed by atoms with Gasteiger partial charge in [-0.3, -0.25) is 4.79 Å². The summed E-state index contributed by atoms with van der Waals surface area (Å²) < 4.78 is 0.896. The molecule has 16 heavy (non-hydrogen) atoms. The highest BCUT2D eigenvalue weighted by Gasteiger charge is 2.08. The van der Waals surface area contributed by atoms with Crippen LogP contribution in [0.25, 0.3) is 0 Å². The Hall–Kier alpha value is -0.870. The summed E-state index contributed by atoms with van der Waals surface area (Å²) in [5.74, 6) is -0.0260. The highest BCUT2D eigenvalue weighted by atomic mass is 79.9. The molecule has 0 aromatic heterocycles. The van der Waals surface area contributed by atoms with Crippen molar-refractivity contribution in [2.24, 2.45) is 5.92 Å². The maximum atomic E-state index is 11.8. The lowest BCUT2D eigenvalue weighted by Gasteiger charge is -2.10. The molecule has 1 amide bonds. The normalized spacial score (nSPS) is 12.2. The summed E-state index contributed by atoms with van der Waals surface area (Å²) >= 11 is 3.35. The summed E-state index contributed by atoms with van der Waals surface area (Å²) in [6.07, 6.45) is 0. The molecule has 1 unspecified atom stereocenters. The average Bonchev–Trinajstić information content (AvgIpc) is 2.23. The Morgan fingerprint density at radius 2 is 2.19 bits per heavy atom.